The Morgan fingerprint density at radius 2 is 1.68 bits per heavy atom. The molecule has 3 aromatic rings. The number of halogens is 1. The second-order valence-electron chi connectivity index (χ2n) is 5.12. The van der Waals surface area contributed by atoms with Crippen LogP contribution in [0.2, 0.25) is 5.02 Å². The third kappa shape index (κ3) is 4.47. The van der Waals surface area contributed by atoms with Gasteiger partial charge in [-0.05, 0) is 55.0 Å². The molecule has 0 aliphatic rings. The maximum Gasteiger partial charge on any atom is 0.272 e. The van der Waals surface area contributed by atoms with E-state index in [4.69, 9.17) is 11.6 Å². The average molecular weight is 395 g/mol. The Labute approximate surface area is 154 Å². The van der Waals surface area contributed by atoms with Gasteiger partial charge in [0.05, 0.1) is 0 Å². The van der Waals surface area contributed by atoms with Crippen molar-refractivity contribution in [3.05, 3.63) is 58.4 Å². The molecular weight excluding hydrogens is 380 g/mol. The van der Waals surface area contributed by atoms with Crippen LogP contribution in [-0.4, -0.2) is 18.6 Å². The standard InChI is InChI=1S/C16H15ClN4O2S2/c1-2-13-7-10-16(24-13)25(22,23)21-15-9-8-14(19-20-15)18-12-5-3-11(17)4-6-12/h3-10H,2H2,1H3,(H,18,19)(H,20,21). The first kappa shape index (κ1) is 17.7. The zero-order valence-electron chi connectivity index (χ0n) is 13.2. The lowest BCUT2D eigenvalue weighted by molar-refractivity contribution is 0.603. The van der Waals surface area contributed by atoms with E-state index >= 15 is 0 Å². The molecule has 6 nitrogen and oxygen atoms in total. The van der Waals surface area contributed by atoms with E-state index in [-0.39, 0.29) is 10.0 Å². The molecule has 2 N–H and O–H groups in total. The minimum Gasteiger partial charge on any atom is -0.339 e. The summed E-state index contributed by atoms with van der Waals surface area (Å²) >= 11 is 7.08. The Morgan fingerprint density at radius 1 is 1.00 bits per heavy atom. The summed E-state index contributed by atoms with van der Waals surface area (Å²) in [6, 6.07) is 13.7. The number of hydrogen-bond acceptors (Lipinski definition) is 6. The van der Waals surface area contributed by atoms with Crippen LogP contribution in [0.4, 0.5) is 17.3 Å². The van der Waals surface area contributed by atoms with Crippen molar-refractivity contribution < 1.29 is 8.42 Å². The number of aryl methyl sites for hydroxylation is 1. The van der Waals surface area contributed by atoms with E-state index in [0.717, 1.165) is 17.0 Å². The maximum atomic E-state index is 12.3. The van der Waals surface area contributed by atoms with Gasteiger partial charge in [-0.3, -0.25) is 4.72 Å². The average Bonchev–Trinajstić information content (AvgIpc) is 3.09. The summed E-state index contributed by atoms with van der Waals surface area (Å²) in [7, 11) is -3.65. The van der Waals surface area contributed by atoms with Crippen LogP contribution in [0.15, 0.2) is 52.7 Å². The predicted molar refractivity (Wildman–Crippen MR) is 101 cm³/mol. The van der Waals surface area contributed by atoms with Gasteiger partial charge < -0.3 is 5.32 Å². The topological polar surface area (TPSA) is 84.0 Å². The summed E-state index contributed by atoms with van der Waals surface area (Å²) in [4.78, 5) is 1.01. The highest BCUT2D eigenvalue weighted by Crippen LogP contribution is 2.24. The normalized spacial score (nSPS) is 11.3. The van der Waals surface area contributed by atoms with Crippen molar-refractivity contribution in [3.8, 4) is 0 Å². The minimum absolute atomic E-state index is 0.160. The van der Waals surface area contributed by atoms with Crippen LogP contribution < -0.4 is 10.0 Å². The Bertz CT molecular complexity index is 955. The molecular formula is C16H15ClN4O2S2. The summed E-state index contributed by atoms with van der Waals surface area (Å²) in [5.74, 6) is 0.655. The van der Waals surface area contributed by atoms with Crippen molar-refractivity contribution in [3.63, 3.8) is 0 Å². The lowest BCUT2D eigenvalue weighted by Crippen LogP contribution is -2.13. The number of nitrogens with one attached hydrogen (secondary N) is 2. The van der Waals surface area contributed by atoms with Crippen LogP contribution in [0.5, 0.6) is 0 Å². The molecule has 0 radical (unpaired) electrons. The zero-order chi connectivity index (χ0) is 17.9. The van der Waals surface area contributed by atoms with Crippen LogP contribution in [0.3, 0.4) is 0 Å². The number of aromatic nitrogens is 2. The second kappa shape index (κ2) is 7.38. The van der Waals surface area contributed by atoms with E-state index in [1.165, 1.54) is 11.3 Å². The number of thiophene rings is 1. The fourth-order valence-corrected chi connectivity index (χ4v) is 4.43. The first-order chi connectivity index (χ1) is 12.0. The van der Waals surface area contributed by atoms with Gasteiger partial charge in [0, 0.05) is 15.6 Å². The third-order valence-corrected chi connectivity index (χ3v) is 6.60. The highest BCUT2D eigenvalue weighted by Gasteiger charge is 2.17. The van der Waals surface area contributed by atoms with E-state index in [9.17, 15) is 8.42 Å². The summed E-state index contributed by atoms with van der Waals surface area (Å²) < 4.78 is 27.4. The quantitative estimate of drug-likeness (QED) is 0.651. The molecule has 0 aliphatic carbocycles. The number of anilines is 3. The highest BCUT2D eigenvalue weighted by atomic mass is 35.5. The minimum atomic E-state index is -3.65. The molecule has 3 rings (SSSR count). The fourth-order valence-electron chi connectivity index (χ4n) is 2.02. The molecule has 0 spiro atoms. The highest BCUT2D eigenvalue weighted by molar-refractivity contribution is 7.94. The van der Waals surface area contributed by atoms with Gasteiger partial charge >= 0.3 is 0 Å². The number of hydrogen-bond donors (Lipinski definition) is 2. The number of rotatable bonds is 6. The summed E-state index contributed by atoms with van der Waals surface area (Å²) in [5.41, 5.74) is 0.803. The number of benzene rings is 1. The van der Waals surface area contributed by atoms with Crippen molar-refractivity contribution in [2.45, 2.75) is 17.6 Å². The summed E-state index contributed by atoms with van der Waals surface area (Å²) in [6.07, 6.45) is 0.797. The molecule has 2 heterocycles. The Hall–Kier alpha value is -2.16. The molecule has 2 aromatic heterocycles. The molecule has 0 saturated carbocycles. The van der Waals surface area contributed by atoms with Crippen LogP contribution in [0, 0.1) is 0 Å². The Kier molecular flexibility index (Phi) is 5.22. The maximum absolute atomic E-state index is 12.3. The summed E-state index contributed by atoms with van der Waals surface area (Å²) in [5, 5.41) is 11.6. The monoisotopic (exact) mass is 394 g/mol. The van der Waals surface area contributed by atoms with Gasteiger partial charge in [-0.25, -0.2) is 8.42 Å². The van der Waals surface area contributed by atoms with Crippen molar-refractivity contribution in [2.24, 2.45) is 0 Å². The van der Waals surface area contributed by atoms with Crippen molar-refractivity contribution in [1.82, 2.24) is 10.2 Å². The smallest absolute Gasteiger partial charge is 0.272 e. The molecule has 0 unspecified atom stereocenters. The van der Waals surface area contributed by atoms with Gasteiger partial charge in [-0.2, -0.15) is 0 Å². The van der Waals surface area contributed by atoms with Gasteiger partial charge in [-0.1, -0.05) is 18.5 Å². The molecule has 0 amide bonds. The molecule has 9 heteroatoms. The van der Waals surface area contributed by atoms with Crippen LogP contribution in [-0.2, 0) is 16.4 Å². The lowest BCUT2D eigenvalue weighted by atomic mass is 10.3. The first-order valence-corrected chi connectivity index (χ1v) is 10.1. The van der Waals surface area contributed by atoms with Crippen molar-refractivity contribution >= 4 is 50.3 Å². The van der Waals surface area contributed by atoms with E-state index in [1.54, 1.807) is 30.3 Å². The van der Waals surface area contributed by atoms with Gasteiger partial charge in [0.15, 0.2) is 11.6 Å². The SMILES string of the molecule is CCc1ccc(S(=O)(=O)Nc2ccc(Nc3ccc(Cl)cc3)nn2)s1. The van der Waals surface area contributed by atoms with Crippen LogP contribution in [0.1, 0.15) is 11.8 Å². The number of sulfonamides is 1. The third-order valence-electron chi connectivity index (χ3n) is 3.27. The van der Waals surface area contributed by atoms with Crippen LogP contribution in [0.25, 0.3) is 0 Å². The Balaban J connectivity index is 1.70. The molecule has 0 saturated heterocycles. The lowest BCUT2D eigenvalue weighted by Gasteiger charge is -2.07. The number of nitrogens with zero attached hydrogens (tertiary/aromatic N) is 2. The van der Waals surface area contributed by atoms with Crippen molar-refractivity contribution in [1.29, 1.82) is 0 Å². The second-order valence-corrected chi connectivity index (χ2v) is 8.63. The van der Waals surface area contributed by atoms with E-state index in [0.29, 0.717) is 10.8 Å². The van der Waals surface area contributed by atoms with E-state index < -0.39 is 10.0 Å². The Morgan fingerprint density at radius 3 is 2.28 bits per heavy atom. The fraction of sp³-hybridized carbons (Fsp3) is 0.125. The van der Waals surface area contributed by atoms with Gasteiger partial charge in [0.1, 0.15) is 4.21 Å². The molecule has 130 valence electrons. The van der Waals surface area contributed by atoms with Crippen LogP contribution >= 0.6 is 22.9 Å². The largest absolute Gasteiger partial charge is 0.339 e. The molecule has 1 aromatic carbocycles. The molecule has 25 heavy (non-hydrogen) atoms. The van der Waals surface area contributed by atoms with Gasteiger partial charge in [-0.15, -0.1) is 21.5 Å². The van der Waals surface area contributed by atoms with Crippen molar-refractivity contribution in [2.75, 3.05) is 10.0 Å². The molecule has 0 aliphatic heterocycles. The van der Waals surface area contributed by atoms with E-state index in [2.05, 4.69) is 20.2 Å². The first-order valence-electron chi connectivity index (χ1n) is 7.44. The molecule has 0 fully saturated rings. The van der Waals surface area contributed by atoms with Gasteiger partial charge in [0.2, 0.25) is 0 Å². The zero-order valence-corrected chi connectivity index (χ0v) is 15.6. The molecule has 0 atom stereocenters. The summed E-state index contributed by atoms with van der Waals surface area (Å²) in [6.45, 7) is 1.98. The molecule has 0 bridgehead atoms. The van der Waals surface area contributed by atoms with E-state index in [1.807, 2.05) is 25.1 Å². The van der Waals surface area contributed by atoms with Gasteiger partial charge in [0.25, 0.3) is 10.0 Å². The predicted octanol–water partition coefficient (Wildman–Crippen LogP) is 4.30.